The summed E-state index contributed by atoms with van der Waals surface area (Å²) in [6.07, 6.45) is 0.811. The van der Waals surface area contributed by atoms with Crippen molar-refractivity contribution in [2.45, 2.75) is 13.8 Å². The quantitative estimate of drug-likeness (QED) is 0.801. The van der Waals surface area contributed by atoms with Crippen LogP contribution in [-0.4, -0.2) is 23.2 Å². The SMILES string of the molecule is COc1ccc(Cl)cc1-n1nc(C)c(C=O)c1C. The molecule has 1 aromatic carbocycles. The molecule has 1 heterocycles. The van der Waals surface area contributed by atoms with Gasteiger partial charge in [-0.3, -0.25) is 4.79 Å². The predicted octanol–water partition coefficient (Wildman–Crippen LogP) is 2.96. The molecule has 2 rings (SSSR count). The molecule has 1 aromatic heterocycles. The molecule has 0 fully saturated rings. The third kappa shape index (κ3) is 1.99. The summed E-state index contributed by atoms with van der Waals surface area (Å²) < 4.78 is 6.96. The molecular weight excluding hydrogens is 252 g/mol. The lowest BCUT2D eigenvalue weighted by Gasteiger charge is -2.10. The van der Waals surface area contributed by atoms with Crippen molar-refractivity contribution in [3.05, 3.63) is 40.2 Å². The Balaban J connectivity index is 2.68. The minimum atomic E-state index is 0.589. The van der Waals surface area contributed by atoms with Crippen LogP contribution in [0.4, 0.5) is 0 Å². The zero-order valence-corrected chi connectivity index (χ0v) is 11.2. The fraction of sp³-hybridized carbons (Fsp3) is 0.231. The molecule has 0 aliphatic rings. The molecule has 0 saturated carbocycles. The van der Waals surface area contributed by atoms with Gasteiger partial charge in [0.25, 0.3) is 0 Å². The highest BCUT2D eigenvalue weighted by molar-refractivity contribution is 6.30. The molecule has 0 saturated heterocycles. The Kier molecular flexibility index (Phi) is 3.39. The highest BCUT2D eigenvalue weighted by Gasteiger charge is 2.15. The van der Waals surface area contributed by atoms with Gasteiger partial charge < -0.3 is 4.74 Å². The van der Waals surface area contributed by atoms with Crippen molar-refractivity contribution in [2.75, 3.05) is 7.11 Å². The molecule has 0 atom stereocenters. The zero-order valence-electron chi connectivity index (χ0n) is 10.4. The smallest absolute Gasteiger partial charge is 0.153 e. The van der Waals surface area contributed by atoms with E-state index in [1.807, 2.05) is 6.92 Å². The Morgan fingerprint density at radius 2 is 2.11 bits per heavy atom. The third-order valence-electron chi connectivity index (χ3n) is 2.83. The first-order chi connectivity index (χ1) is 8.58. The Morgan fingerprint density at radius 3 is 2.67 bits per heavy atom. The van der Waals surface area contributed by atoms with Gasteiger partial charge in [0, 0.05) is 5.02 Å². The Labute approximate surface area is 110 Å². The molecule has 0 amide bonds. The minimum absolute atomic E-state index is 0.589. The lowest BCUT2D eigenvalue weighted by atomic mass is 10.2. The number of hydrogen-bond acceptors (Lipinski definition) is 3. The monoisotopic (exact) mass is 264 g/mol. The number of aldehydes is 1. The Hall–Kier alpha value is -1.81. The van der Waals surface area contributed by atoms with Gasteiger partial charge in [0.2, 0.25) is 0 Å². The molecule has 0 aliphatic carbocycles. The van der Waals surface area contributed by atoms with Crippen molar-refractivity contribution in [3.8, 4) is 11.4 Å². The van der Waals surface area contributed by atoms with E-state index in [2.05, 4.69) is 5.10 Å². The van der Waals surface area contributed by atoms with Crippen molar-refractivity contribution in [1.82, 2.24) is 9.78 Å². The van der Waals surface area contributed by atoms with E-state index in [-0.39, 0.29) is 0 Å². The van der Waals surface area contributed by atoms with Gasteiger partial charge in [-0.25, -0.2) is 4.68 Å². The van der Waals surface area contributed by atoms with E-state index in [0.29, 0.717) is 22.0 Å². The Bertz CT molecular complexity index is 605. The number of aromatic nitrogens is 2. The number of carbonyl (C=O) groups excluding carboxylic acids is 1. The van der Waals surface area contributed by atoms with Gasteiger partial charge in [0.05, 0.1) is 24.1 Å². The van der Waals surface area contributed by atoms with Crippen LogP contribution < -0.4 is 4.74 Å². The number of carbonyl (C=O) groups is 1. The first-order valence-electron chi connectivity index (χ1n) is 5.43. The highest BCUT2D eigenvalue weighted by Crippen LogP contribution is 2.28. The van der Waals surface area contributed by atoms with Crippen molar-refractivity contribution in [2.24, 2.45) is 0 Å². The van der Waals surface area contributed by atoms with Gasteiger partial charge in [-0.2, -0.15) is 5.10 Å². The maximum atomic E-state index is 11.0. The fourth-order valence-electron chi connectivity index (χ4n) is 1.89. The van der Waals surface area contributed by atoms with E-state index in [4.69, 9.17) is 16.3 Å². The van der Waals surface area contributed by atoms with Gasteiger partial charge in [-0.1, -0.05) is 11.6 Å². The average Bonchev–Trinajstić information content (AvgIpc) is 2.64. The van der Waals surface area contributed by atoms with Crippen LogP contribution in [0.1, 0.15) is 21.7 Å². The molecule has 0 spiro atoms. The maximum absolute atomic E-state index is 11.0. The molecule has 2 aromatic rings. The molecule has 0 unspecified atom stereocenters. The highest BCUT2D eigenvalue weighted by atomic mass is 35.5. The van der Waals surface area contributed by atoms with E-state index in [1.54, 1.807) is 36.9 Å². The van der Waals surface area contributed by atoms with Gasteiger partial charge in [-0.15, -0.1) is 0 Å². The lowest BCUT2D eigenvalue weighted by molar-refractivity contribution is 0.112. The summed E-state index contributed by atoms with van der Waals surface area (Å²) in [5.41, 5.74) is 2.77. The molecule has 94 valence electrons. The van der Waals surface area contributed by atoms with Crippen LogP contribution in [0.5, 0.6) is 5.75 Å². The standard InChI is InChI=1S/C13H13ClN2O2/c1-8-11(7-17)9(2)16(15-8)12-6-10(14)4-5-13(12)18-3/h4-7H,1-3H3. The second-order valence-corrected chi connectivity index (χ2v) is 4.37. The summed E-state index contributed by atoms with van der Waals surface area (Å²) in [5.74, 6) is 0.655. The van der Waals surface area contributed by atoms with Crippen LogP contribution >= 0.6 is 11.6 Å². The summed E-state index contributed by atoms with van der Waals surface area (Å²) in [7, 11) is 1.58. The lowest BCUT2D eigenvalue weighted by Crippen LogP contribution is -2.02. The number of hydrogen-bond donors (Lipinski definition) is 0. The molecule has 0 radical (unpaired) electrons. The van der Waals surface area contributed by atoms with E-state index >= 15 is 0 Å². The molecule has 18 heavy (non-hydrogen) atoms. The van der Waals surface area contributed by atoms with E-state index in [0.717, 1.165) is 17.7 Å². The van der Waals surface area contributed by atoms with Crippen molar-refractivity contribution >= 4 is 17.9 Å². The van der Waals surface area contributed by atoms with E-state index < -0.39 is 0 Å². The number of halogens is 1. The van der Waals surface area contributed by atoms with Gasteiger partial charge in [0.1, 0.15) is 11.4 Å². The molecule has 4 nitrogen and oxygen atoms in total. The summed E-state index contributed by atoms with van der Waals surface area (Å²) >= 11 is 5.99. The number of methoxy groups -OCH3 is 1. The fourth-order valence-corrected chi connectivity index (χ4v) is 2.05. The second-order valence-electron chi connectivity index (χ2n) is 3.93. The van der Waals surface area contributed by atoms with Crippen LogP contribution in [0, 0.1) is 13.8 Å². The number of ether oxygens (including phenoxy) is 1. The van der Waals surface area contributed by atoms with Crippen LogP contribution in [-0.2, 0) is 0 Å². The van der Waals surface area contributed by atoms with E-state index in [1.165, 1.54) is 0 Å². The minimum Gasteiger partial charge on any atom is -0.494 e. The molecular formula is C13H13ClN2O2. The number of nitrogens with zero attached hydrogens (tertiary/aromatic N) is 2. The summed E-state index contributed by atoms with van der Waals surface area (Å²) in [6, 6.07) is 5.28. The first kappa shape index (κ1) is 12.6. The molecule has 0 N–H and O–H groups in total. The molecule has 0 bridgehead atoms. The molecule has 0 aliphatic heterocycles. The topological polar surface area (TPSA) is 44.1 Å². The Morgan fingerprint density at radius 1 is 1.39 bits per heavy atom. The van der Waals surface area contributed by atoms with Crippen molar-refractivity contribution in [1.29, 1.82) is 0 Å². The van der Waals surface area contributed by atoms with Crippen LogP contribution in [0.15, 0.2) is 18.2 Å². The number of aryl methyl sites for hydroxylation is 1. The second kappa shape index (κ2) is 4.82. The zero-order chi connectivity index (χ0) is 13.3. The van der Waals surface area contributed by atoms with Gasteiger partial charge >= 0.3 is 0 Å². The third-order valence-corrected chi connectivity index (χ3v) is 3.07. The largest absolute Gasteiger partial charge is 0.494 e. The maximum Gasteiger partial charge on any atom is 0.153 e. The summed E-state index contributed by atoms with van der Waals surface area (Å²) in [6.45, 7) is 3.63. The van der Waals surface area contributed by atoms with Crippen molar-refractivity contribution in [3.63, 3.8) is 0 Å². The molecule has 5 heteroatoms. The van der Waals surface area contributed by atoms with Crippen molar-refractivity contribution < 1.29 is 9.53 Å². The predicted molar refractivity (Wildman–Crippen MR) is 70.0 cm³/mol. The summed E-state index contributed by atoms with van der Waals surface area (Å²) in [4.78, 5) is 11.0. The van der Waals surface area contributed by atoms with Gasteiger partial charge in [0.15, 0.2) is 6.29 Å². The van der Waals surface area contributed by atoms with Gasteiger partial charge in [-0.05, 0) is 32.0 Å². The van der Waals surface area contributed by atoms with E-state index in [9.17, 15) is 4.79 Å². The number of benzene rings is 1. The van der Waals surface area contributed by atoms with Crippen LogP contribution in [0.3, 0.4) is 0 Å². The summed E-state index contributed by atoms with van der Waals surface area (Å²) in [5, 5.41) is 4.94. The normalized spacial score (nSPS) is 10.4. The first-order valence-corrected chi connectivity index (χ1v) is 5.81. The average molecular weight is 265 g/mol. The number of rotatable bonds is 3. The van der Waals surface area contributed by atoms with Crippen LogP contribution in [0.2, 0.25) is 5.02 Å². The van der Waals surface area contributed by atoms with Crippen LogP contribution in [0.25, 0.3) is 5.69 Å².